The third kappa shape index (κ3) is 2.03. The van der Waals surface area contributed by atoms with Crippen molar-refractivity contribution < 1.29 is 0 Å². The summed E-state index contributed by atoms with van der Waals surface area (Å²) in [6.07, 6.45) is 0. The number of anilines is 1. The number of hydrogen-bond acceptors (Lipinski definition) is 1. The summed E-state index contributed by atoms with van der Waals surface area (Å²) >= 11 is 0. The van der Waals surface area contributed by atoms with Crippen molar-refractivity contribution in [1.29, 1.82) is 0 Å². The van der Waals surface area contributed by atoms with E-state index in [2.05, 4.69) is 50.4 Å². The summed E-state index contributed by atoms with van der Waals surface area (Å²) in [6, 6.07) is 11.7. The predicted octanol–water partition coefficient (Wildman–Crippen LogP) is 3.85. The van der Waals surface area contributed by atoms with Gasteiger partial charge in [-0.3, -0.25) is 0 Å². The Kier molecular flexibility index (Phi) is 3.69. The summed E-state index contributed by atoms with van der Waals surface area (Å²) in [5, 5.41) is 3.63. The molecule has 0 spiro atoms. The molecule has 2 unspecified atom stereocenters. The van der Waals surface area contributed by atoms with Crippen molar-refractivity contribution in [1.82, 2.24) is 0 Å². The SMILES string of the molecule is CC[SiH](CC)C1CNc2ccccc2C1C. The molecule has 0 amide bonds. The average Bonchev–Trinajstić information content (AvgIpc) is 2.34. The fourth-order valence-electron chi connectivity index (χ4n) is 3.16. The second-order valence-electron chi connectivity index (χ2n) is 5.00. The van der Waals surface area contributed by atoms with Crippen molar-refractivity contribution in [2.75, 3.05) is 11.9 Å². The molecule has 0 aliphatic carbocycles. The highest BCUT2D eigenvalue weighted by Gasteiger charge is 2.30. The zero-order valence-corrected chi connectivity index (χ0v) is 11.8. The second-order valence-corrected chi connectivity index (χ2v) is 9.01. The van der Waals surface area contributed by atoms with Gasteiger partial charge < -0.3 is 5.32 Å². The quantitative estimate of drug-likeness (QED) is 0.782. The van der Waals surface area contributed by atoms with Gasteiger partial charge in [-0.1, -0.05) is 51.1 Å². The third-order valence-corrected chi connectivity index (χ3v) is 8.40. The van der Waals surface area contributed by atoms with E-state index in [-0.39, 0.29) is 0 Å². The third-order valence-electron chi connectivity index (χ3n) is 4.28. The first-order chi connectivity index (χ1) is 7.77. The molecule has 0 aromatic heterocycles. The van der Waals surface area contributed by atoms with E-state index < -0.39 is 8.80 Å². The van der Waals surface area contributed by atoms with Gasteiger partial charge in [0.25, 0.3) is 0 Å². The Labute approximate surface area is 101 Å². The largest absolute Gasteiger partial charge is 0.385 e. The highest BCUT2D eigenvalue weighted by Crippen LogP contribution is 2.40. The summed E-state index contributed by atoms with van der Waals surface area (Å²) in [6.45, 7) is 8.40. The van der Waals surface area contributed by atoms with Crippen LogP contribution in [0.4, 0.5) is 5.69 Å². The Balaban J connectivity index is 2.23. The lowest BCUT2D eigenvalue weighted by Crippen LogP contribution is -2.32. The van der Waals surface area contributed by atoms with Crippen LogP contribution in [0.1, 0.15) is 32.3 Å². The first-order valence-electron chi connectivity index (χ1n) is 6.60. The lowest BCUT2D eigenvalue weighted by atomic mass is 9.92. The molecule has 2 rings (SSSR count). The number of rotatable bonds is 3. The number of hydrogen-bond donors (Lipinski definition) is 1. The summed E-state index contributed by atoms with van der Waals surface area (Å²) in [7, 11) is -0.553. The number of nitrogens with one attached hydrogen (secondary N) is 1. The molecule has 0 saturated heterocycles. The van der Waals surface area contributed by atoms with Gasteiger partial charge in [0.05, 0.1) is 0 Å². The standard InChI is InChI=1S/C14H23NSi/c1-4-16(5-2)14-10-15-13-9-7-6-8-12(13)11(14)3/h6-9,11,14-16H,4-5,10H2,1-3H3. The van der Waals surface area contributed by atoms with Crippen LogP contribution in [0.2, 0.25) is 17.6 Å². The van der Waals surface area contributed by atoms with Gasteiger partial charge in [-0.15, -0.1) is 0 Å². The monoisotopic (exact) mass is 233 g/mol. The summed E-state index contributed by atoms with van der Waals surface area (Å²) < 4.78 is 0. The van der Waals surface area contributed by atoms with E-state index in [0.29, 0.717) is 0 Å². The highest BCUT2D eigenvalue weighted by molar-refractivity contribution is 6.60. The van der Waals surface area contributed by atoms with E-state index in [1.54, 1.807) is 0 Å². The minimum Gasteiger partial charge on any atom is -0.385 e. The minimum atomic E-state index is -0.553. The van der Waals surface area contributed by atoms with E-state index >= 15 is 0 Å². The first kappa shape index (κ1) is 11.7. The van der Waals surface area contributed by atoms with Gasteiger partial charge in [-0.05, 0) is 23.1 Å². The Morgan fingerprint density at radius 1 is 1.25 bits per heavy atom. The van der Waals surface area contributed by atoms with Crippen molar-refractivity contribution in [3.8, 4) is 0 Å². The van der Waals surface area contributed by atoms with E-state index in [4.69, 9.17) is 0 Å². The molecule has 2 atom stereocenters. The van der Waals surface area contributed by atoms with Gasteiger partial charge in [-0.2, -0.15) is 0 Å². The van der Waals surface area contributed by atoms with Crippen LogP contribution >= 0.6 is 0 Å². The summed E-state index contributed by atoms with van der Waals surface area (Å²) in [5.74, 6) is 0.758. The molecular weight excluding hydrogens is 210 g/mol. The summed E-state index contributed by atoms with van der Waals surface area (Å²) in [5.41, 5.74) is 3.84. The Morgan fingerprint density at radius 2 is 1.94 bits per heavy atom. The van der Waals surface area contributed by atoms with E-state index in [0.717, 1.165) is 11.5 Å². The molecule has 1 nitrogen and oxygen atoms in total. The van der Waals surface area contributed by atoms with Gasteiger partial charge in [0.1, 0.15) is 0 Å². The van der Waals surface area contributed by atoms with Crippen LogP contribution in [0.3, 0.4) is 0 Å². The minimum absolute atomic E-state index is 0.553. The predicted molar refractivity (Wildman–Crippen MR) is 75.2 cm³/mol. The fourth-order valence-corrected chi connectivity index (χ4v) is 6.42. The molecule has 1 aromatic carbocycles. The van der Waals surface area contributed by atoms with Crippen molar-refractivity contribution in [2.45, 2.75) is 44.3 Å². The van der Waals surface area contributed by atoms with Crippen LogP contribution in [0, 0.1) is 0 Å². The molecule has 0 radical (unpaired) electrons. The van der Waals surface area contributed by atoms with Crippen molar-refractivity contribution in [2.24, 2.45) is 0 Å². The van der Waals surface area contributed by atoms with E-state index in [1.165, 1.54) is 29.9 Å². The van der Waals surface area contributed by atoms with Gasteiger partial charge in [0.2, 0.25) is 0 Å². The Hall–Kier alpha value is -0.763. The topological polar surface area (TPSA) is 12.0 Å². The van der Waals surface area contributed by atoms with Crippen LogP contribution in [-0.4, -0.2) is 15.3 Å². The van der Waals surface area contributed by atoms with Crippen molar-refractivity contribution in [3.63, 3.8) is 0 Å². The molecule has 0 bridgehead atoms. The number of benzene rings is 1. The van der Waals surface area contributed by atoms with Gasteiger partial charge >= 0.3 is 0 Å². The first-order valence-corrected chi connectivity index (χ1v) is 8.90. The fraction of sp³-hybridized carbons (Fsp3) is 0.571. The normalized spacial score (nSPS) is 24.0. The zero-order chi connectivity index (χ0) is 11.5. The molecule has 2 heteroatoms. The van der Waals surface area contributed by atoms with E-state index in [1.807, 2.05) is 0 Å². The van der Waals surface area contributed by atoms with Gasteiger partial charge in [0, 0.05) is 21.0 Å². The van der Waals surface area contributed by atoms with Crippen LogP contribution in [0.25, 0.3) is 0 Å². The number of para-hydroxylation sites is 1. The smallest absolute Gasteiger partial charge is 0.0422 e. The maximum atomic E-state index is 3.63. The molecular formula is C14H23NSi. The Morgan fingerprint density at radius 3 is 2.62 bits per heavy atom. The molecule has 1 aliphatic heterocycles. The molecule has 1 aromatic rings. The maximum absolute atomic E-state index is 3.63. The molecule has 1 aliphatic rings. The van der Waals surface area contributed by atoms with Crippen LogP contribution in [-0.2, 0) is 0 Å². The second kappa shape index (κ2) is 5.04. The van der Waals surface area contributed by atoms with Crippen LogP contribution in [0.15, 0.2) is 24.3 Å². The van der Waals surface area contributed by atoms with Gasteiger partial charge in [-0.25, -0.2) is 0 Å². The highest BCUT2D eigenvalue weighted by atomic mass is 28.3. The molecule has 88 valence electrons. The molecule has 1 heterocycles. The van der Waals surface area contributed by atoms with Crippen LogP contribution < -0.4 is 5.32 Å². The van der Waals surface area contributed by atoms with E-state index in [9.17, 15) is 0 Å². The summed E-state index contributed by atoms with van der Waals surface area (Å²) in [4.78, 5) is 0. The van der Waals surface area contributed by atoms with Gasteiger partial charge in [0.15, 0.2) is 0 Å². The van der Waals surface area contributed by atoms with Crippen molar-refractivity contribution >= 4 is 14.5 Å². The molecule has 0 saturated carbocycles. The van der Waals surface area contributed by atoms with Crippen LogP contribution in [0.5, 0.6) is 0 Å². The Bertz CT molecular complexity index is 346. The zero-order valence-electron chi connectivity index (χ0n) is 10.7. The average molecular weight is 233 g/mol. The lowest BCUT2D eigenvalue weighted by molar-refractivity contribution is 0.663. The molecule has 16 heavy (non-hydrogen) atoms. The maximum Gasteiger partial charge on any atom is 0.0422 e. The number of fused-ring (bicyclic) bond motifs is 1. The van der Waals surface area contributed by atoms with Crippen molar-refractivity contribution in [3.05, 3.63) is 29.8 Å². The molecule has 1 N–H and O–H groups in total. The lowest BCUT2D eigenvalue weighted by Gasteiger charge is -2.36. The molecule has 0 fully saturated rings.